The van der Waals surface area contributed by atoms with Crippen LogP contribution in [0.15, 0.2) is 48.5 Å². The molecule has 5 nitrogen and oxygen atoms in total. The lowest BCUT2D eigenvalue weighted by molar-refractivity contribution is -0.144. The summed E-state index contributed by atoms with van der Waals surface area (Å²) in [5.41, 5.74) is 4.77. The maximum atomic E-state index is 13.1. The van der Waals surface area contributed by atoms with E-state index in [9.17, 15) is 14.7 Å². The molecule has 1 amide bonds. The molecular formula is C25H27NO4. The van der Waals surface area contributed by atoms with E-state index in [1.807, 2.05) is 24.3 Å². The minimum atomic E-state index is -0.821. The second-order valence-electron chi connectivity index (χ2n) is 8.83. The van der Waals surface area contributed by atoms with E-state index in [4.69, 9.17) is 4.74 Å². The number of fused-ring (bicyclic) bond motifs is 3. The number of hydrogen-bond acceptors (Lipinski definition) is 3. The quantitative estimate of drug-likeness (QED) is 0.786. The van der Waals surface area contributed by atoms with Crippen molar-refractivity contribution in [2.24, 2.45) is 11.8 Å². The maximum absolute atomic E-state index is 13.1. The first-order valence-corrected chi connectivity index (χ1v) is 11.0. The molecular weight excluding hydrogens is 378 g/mol. The molecule has 30 heavy (non-hydrogen) atoms. The van der Waals surface area contributed by atoms with Gasteiger partial charge >= 0.3 is 12.1 Å². The van der Waals surface area contributed by atoms with Crippen molar-refractivity contribution in [1.82, 2.24) is 4.90 Å². The second-order valence-corrected chi connectivity index (χ2v) is 8.83. The van der Waals surface area contributed by atoms with Gasteiger partial charge in [-0.1, -0.05) is 55.0 Å². The highest BCUT2D eigenvalue weighted by molar-refractivity contribution is 5.79. The predicted molar refractivity (Wildman–Crippen MR) is 113 cm³/mol. The molecule has 0 spiro atoms. The third-order valence-corrected chi connectivity index (χ3v) is 7.24. The smallest absolute Gasteiger partial charge is 0.410 e. The number of piperidine rings is 1. The Morgan fingerprint density at radius 2 is 1.57 bits per heavy atom. The lowest BCUT2D eigenvalue weighted by Gasteiger charge is -2.44. The van der Waals surface area contributed by atoms with Crippen LogP contribution in [-0.4, -0.2) is 41.3 Å². The summed E-state index contributed by atoms with van der Waals surface area (Å²) in [6.45, 7) is 0.533. The van der Waals surface area contributed by atoms with E-state index in [1.165, 1.54) is 28.7 Å². The summed E-state index contributed by atoms with van der Waals surface area (Å²) < 4.78 is 5.85. The van der Waals surface area contributed by atoms with Gasteiger partial charge in [-0.3, -0.25) is 4.79 Å². The van der Waals surface area contributed by atoms with Gasteiger partial charge in [0, 0.05) is 18.5 Å². The topological polar surface area (TPSA) is 66.8 Å². The van der Waals surface area contributed by atoms with Gasteiger partial charge < -0.3 is 14.7 Å². The van der Waals surface area contributed by atoms with Crippen LogP contribution in [0.1, 0.15) is 49.1 Å². The summed E-state index contributed by atoms with van der Waals surface area (Å²) in [6, 6.07) is 16.7. The zero-order chi connectivity index (χ0) is 20.7. The highest BCUT2D eigenvalue weighted by atomic mass is 16.6. The van der Waals surface area contributed by atoms with Gasteiger partial charge in [-0.15, -0.1) is 0 Å². The van der Waals surface area contributed by atoms with Crippen molar-refractivity contribution in [1.29, 1.82) is 0 Å². The molecule has 156 valence electrons. The largest absolute Gasteiger partial charge is 0.481 e. The Kier molecular flexibility index (Phi) is 4.97. The van der Waals surface area contributed by atoms with Crippen LogP contribution in [-0.2, 0) is 9.53 Å². The first-order valence-electron chi connectivity index (χ1n) is 11.0. The number of nitrogens with zero attached hydrogens (tertiary/aromatic N) is 1. The standard InChI is InChI=1S/C25H27NO4/c27-24(28)17-12-13-23(16-6-5-7-16)26(14-17)25(29)30-15-22-20-10-3-1-8-18(20)19-9-2-4-11-21(19)22/h1-4,8-11,16-17,22-23H,5-7,12-15H2,(H,27,28)/t17-,23+/m0/s1. The van der Waals surface area contributed by atoms with E-state index in [2.05, 4.69) is 24.3 Å². The van der Waals surface area contributed by atoms with Gasteiger partial charge in [0.15, 0.2) is 0 Å². The Balaban J connectivity index is 1.34. The normalized spacial score (nSPS) is 23.4. The van der Waals surface area contributed by atoms with Crippen LogP contribution >= 0.6 is 0 Å². The molecule has 1 N–H and O–H groups in total. The zero-order valence-electron chi connectivity index (χ0n) is 17.0. The fourth-order valence-electron chi connectivity index (χ4n) is 5.40. The molecule has 0 bridgehead atoms. The first kappa shape index (κ1) is 19.2. The molecule has 1 saturated carbocycles. The highest BCUT2D eigenvalue weighted by Crippen LogP contribution is 2.45. The van der Waals surface area contributed by atoms with Gasteiger partial charge in [0.1, 0.15) is 6.61 Å². The number of rotatable bonds is 4. The van der Waals surface area contributed by atoms with Gasteiger partial charge in [0.05, 0.1) is 5.92 Å². The Labute approximate surface area is 176 Å². The molecule has 3 aliphatic rings. The Hall–Kier alpha value is -2.82. The maximum Gasteiger partial charge on any atom is 0.410 e. The SMILES string of the molecule is O=C(O)[C@H]1CC[C@H](C2CCC2)N(C(=O)OCC2c3ccccc3-c3ccccc32)C1. The van der Waals surface area contributed by atoms with Crippen molar-refractivity contribution in [2.45, 2.75) is 44.1 Å². The van der Waals surface area contributed by atoms with Gasteiger partial charge in [-0.05, 0) is 53.9 Å². The molecule has 2 aliphatic carbocycles. The summed E-state index contributed by atoms with van der Waals surface area (Å²) in [6.07, 6.45) is 4.47. The van der Waals surface area contributed by atoms with Crippen molar-refractivity contribution in [3.8, 4) is 11.1 Å². The number of benzene rings is 2. The van der Waals surface area contributed by atoms with Gasteiger partial charge in [0.2, 0.25) is 0 Å². The number of hydrogen-bond donors (Lipinski definition) is 1. The second kappa shape index (κ2) is 7.78. The summed E-state index contributed by atoms with van der Waals surface area (Å²) in [5.74, 6) is -0.816. The number of amides is 1. The number of carbonyl (C=O) groups excluding carboxylic acids is 1. The lowest BCUT2D eigenvalue weighted by Crippen LogP contribution is -2.53. The predicted octanol–water partition coefficient (Wildman–Crippen LogP) is 4.90. The summed E-state index contributed by atoms with van der Waals surface area (Å²) >= 11 is 0. The molecule has 0 unspecified atom stereocenters. The Morgan fingerprint density at radius 3 is 2.13 bits per heavy atom. The Bertz CT molecular complexity index is 922. The number of ether oxygens (including phenoxy) is 1. The van der Waals surface area contributed by atoms with Crippen LogP contribution in [0.2, 0.25) is 0 Å². The van der Waals surface area contributed by atoms with Crippen LogP contribution in [0.3, 0.4) is 0 Å². The Morgan fingerprint density at radius 1 is 0.933 bits per heavy atom. The molecule has 1 aliphatic heterocycles. The molecule has 0 radical (unpaired) electrons. The number of carboxylic acid groups (broad SMARTS) is 1. The fraction of sp³-hybridized carbons (Fsp3) is 0.440. The van der Waals surface area contributed by atoms with Crippen molar-refractivity contribution >= 4 is 12.1 Å². The third-order valence-electron chi connectivity index (χ3n) is 7.24. The van der Waals surface area contributed by atoms with Crippen molar-refractivity contribution in [3.05, 3.63) is 59.7 Å². The number of aliphatic carboxylic acids is 1. The van der Waals surface area contributed by atoms with E-state index in [0.29, 0.717) is 12.3 Å². The van der Waals surface area contributed by atoms with Crippen molar-refractivity contribution in [2.75, 3.05) is 13.2 Å². The van der Waals surface area contributed by atoms with Crippen molar-refractivity contribution < 1.29 is 19.4 Å². The van der Waals surface area contributed by atoms with E-state index in [-0.39, 0.29) is 31.2 Å². The minimum Gasteiger partial charge on any atom is -0.481 e. The molecule has 0 aromatic heterocycles. The molecule has 2 atom stereocenters. The molecule has 5 rings (SSSR count). The highest BCUT2D eigenvalue weighted by Gasteiger charge is 2.41. The van der Waals surface area contributed by atoms with Crippen LogP contribution in [0.5, 0.6) is 0 Å². The number of carbonyl (C=O) groups is 2. The molecule has 2 fully saturated rings. The van der Waals surface area contributed by atoms with E-state index in [0.717, 1.165) is 19.3 Å². The fourth-order valence-corrected chi connectivity index (χ4v) is 5.40. The van der Waals surface area contributed by atoms with Gasteiger partial charge in [0.25, 0.3) is 0 Å². The average molecular weight is 405 g/mol. The van der Waals surface area contributed by atoms with Crippen molar-refractivity contribution in [3.63, 3.8) is 0 Å². The summed E-state index contributed by atoms with van der Waals surface area (Å²) in [7, 11) is 0. The molecule has 5 heteroatoms. The number of carboxylic acids is 1. The monoisotopic (exact) mass is 405 g/mol. The summed E-state index contributed by atoms with van der Waals surface area (Å²) in [4.78, 5) is 26.4. The van der Waals surface area contributed by atoms with Crippen LogP contribution in [0.25, 0.3) is 11.1 Å². The summed E-state index contributed by atoms with van der Waals surface area (Å²) in [5, 5.41) is 9.48. The molecule has 2 aromatic carbocycles. The van der Waals surface area contributed by atoms with Gasteiger partial charge in [-0.2, -0.15) is 0 Å². The van der Waals surface area contributed by atoms with E-state index < -0.39 is 11.9 Å². The van der Waals surface area contributed by atoms with Crippen LogP contribution in [0, 0.1) is 11.8 Å². The zero-order valence-corrected chi connectivity index (χ0v) is 17.0. The minimum absolute atomic E-state index is 0.0172. The average Bonchev–Trinajstić information content (AvgIpc) is 3.05. The van der Waals surface area contributed by atoms with E-state index >= 15 is 0 Å². The number of likely N-dealkylation sites (tertiary alicyclic amines) is 1. The third kappa shape index (κ3) is 3.26. The van der Waals surface area contributed by atoms with E-state index in [1.54, 1.807) is 4.90 Å². The lowest BCUT2D eigenvalue weighted by atomic mass is 9.75. The molecule has 1 heterocycles. The molecule has 1 saturated heterocycles. The first-order chi connectivity index (χ1) is 14.6. The molecule has 2 aromatic rings. The van der Waals surface area contributed by atoms with Gasteiger partial charge in [-0.25, -0.2) is 4.79 Å². The van der Waals surface area contributed by atoms with Crippen LogP contribution in [0.4, 0.5) is 4.79 Å². The van der Waals surface area contributed by atoms with Crippen LogP contribution < -0.4 is 0 Å².